The number of hydrogen-bond acceptors (Lipinski definition) is 7. The second-order valence-electron chi connectivity index (χ2n) is 5.52. The molecule has 0 aliphatic rings. The van der Waals surface area contributed by atoms with E-state index in [0.29, 0.717) is 22.2 Å². The van der Waals surface area contributed by atoms with Crippen LogP contribution in [0.4, 0.5) is 5.69 Å². The summed E-state index contributed by atoms with van der Waals surface area (Å²) >= 11 is 0. The van der Waals surface area contributed by atoms with Crippen molar-refractivity contribution >= 4 is 27.4 Å². The van der Waals surface area contributed by atoms with Gasteiger partial charge in [0.25, 0.3) is 15.7 Å². The number of hydrogen-bond donors (Lipinski definition) is 1. The van der Waals surface area contributed by atoms with Gasteiger partial charge >= 0.3 is 0 Å². The predicted molar refractivity (Wildman–Crippen MR) is 95.7 cm³/mol. The molecule has 0 amide bonds. The average Bonchev–Trinajstić information content (AvgIpc) is 3.03. The second kappa shape index (κ2) is 6.85. The Labute approximate surface area is 153 Å². The van der Waals surface area contributed by atoms with Crippen molar-refractivity contribution in [1.29, 1.82) is 5.26 Å². The monoisotopic (exact) mass is 384 g/mol. The fourth-order valence-corrected chi connectivity index (χ4v) is 3.43. The normalized spacial score (nSPS) is 11.6. The highest BCUT2D eigenvalue weighted by molar-refractivity contribution is 7.89. The second-order valence-corrected chi connectivity index (χ2v) is 7.15. The highest BCUT2D eigenvalue weighted by Crippen LogP contribution is 2.21. The summed E-state index contributed by atoms with van der Waals surface area (Å²) in [4.78, 5) is 12.0. The Bertz CT molecular complexity index is 1220. The van der Waals surface area contributed by atoms with E-state index in [9.17, 15) is 18.5 Å². The van der Waals surface area contributed by atoms with Gasteiger partial charge in [0, 0.05) is 23.9 Å². The van der Waals surface area contributed by atoms with E-state index >= 15 is 0 Å². The lowest BCUT2D eigenvalue weighted by molar-refractivity contribution is -0.385. The highest BCUT2D eigenvalue weighted by atomic mass is 32.2. The number of nitrogens with one attached hydrogen (secondary N) is 1. The van der Waals surface area contributed by atoms with Crippen molar-refractivity contribution in [2.45, 2.75) is 11.8 Å². The molecule has 0 saturated heterocycles. The first-order valence-electron chi connectivity index (χ1n) is 7.49. The molecule has 0 atom stereocenters. The van der Waals surface area contributed by atoms with Crippen molar-refractivity contribution in [3.63, 3.8) is 0 Å². The molecule has 0 aliphatic carbocycles. The van der Waals surface area contributed by atoms with Gasteiger partial charge in [-0.3, -0.25) is 10.1 Å². The van der Waals surface area contributed by atoms with Gasteiger partial charge in [-0.15, -0.1) is 0 Å². The number of aryl methyl sites for hydroxylation is 1. The van der Waals surface area contributed by atoms with Gasteiger partial charge in [-0.2, -0.15) is 23.9 Å². The first-order valence-corrected chi connectivity index (χ1v) is 8.97. The quantitative estimate of drug-likeness (QED) is 0.403. The summed E-state index contributed by atoms with van der Waals surface area (Å²) in [7, 11) is -4.10. The van der Waals surface area contributed by atoms with Gasteiger partial charge in [0.1, 0.15) is 0 Å². The zero-order valence-electron chi connectivity index (χ0n) is 13.9. The molecule has 1 N–H and O–H groups in total. The number of pyridine rings is 1. The van der Waals surface area contributed by atoms with Crippen LogP contribution in [0.3, 0.4) is 0 Å². The Hall–Kier alpha value is -3.78. The van der Waals surface area contributed by atoms with Crippen molar-refractivity contribution < 1.29 is 13.3 Å². The van der Waals surface area contributed by atoms with Gasteiger partial charge in [-0.05, 0) is 24.6 Å². The zero-order valence-corrected chi connectivity index (χ0v) is 14.7. The Kier molecular flexibility index (Phi) is 4.57. The van der Waals surface area contributed by atoms with Gasteiger partial charge in [-0.25, -0.2) is 9.35 Å². The number of hydrazone groups is 1. The number of fused-ring (bicyclic) bond motifs is 1. The van der Waals surface area contributed by atoms with E-state index in [1.165, 1.54) is 36.0 Å². The molecule has 0 fully saturated rings. The number of non-ortho nitro benzene ring substituents is 1. The summed E-state index contributed by atoms with van der Waals surface area (Å²) in [6.07, 6.45) is 4.31. The molecular formula is C16H12N6O4S. The van der Waals surface area contributed by atoms with Crippen molar-refractivity contribution in [3.05, 3.63) is 69.5 Å². The summed E-state index contributed by atoms with van der Waals surface area (Å²) in [5.41, 5.74) is 1.49. The minimum absolute atomic E-state index is 0.236. The van der Waals surface area contributed by atoms with Crippen LogP contribution < -0.4 is 4.83 Å². The van der Waals surface area contributed by atoms with Crippen molar-refractivity contribution in [1.82, 2.24) is 14.4 Å². The van der Waals surface area contributed by atoms with Gasteiger partial charge in [-0.1, -0.05) is 6.07 Å². The number of nitriles is 1. The summed E-state index contributed by atoms with van der Waals surface area (Å²) in [5.74, 6) is 0. The van der Waals surface area contributed by atoms with Crippen LogP contribution in [-0.4, -0.2) is 29.2 Å². The molecule has 2 heterocycles. The van der Waals surface area contributed by atoms with Crippen molar-refractivity contribution in [2.24, 2.45) is 5.10 Å². The number of nitro groups is 1. The van der Waals surface area contributed by atoms with Gasteiger partial charge in [0.2, 0.25) is 0 Å². The lowest BCUT2D eigenvalue weighted by atomic mass is 10.2. The minimum atomic E-state index is -4.10. The van der Waals surface area contributed by atoms with Gasteiger partial charge < -0.3 is 0 Å². The molecule has 0 bridgehead atoms. The third kappa shape index (κ3) is 3.60. The molecule has 0 unspecified atom stereocenters. The fourth-order valence-electron chi connectivity index (χ4n) is 2.37. The standard InChI is InChI=1S/C16H12N6O4S/c1-11-2-3-14(22(23)24)7-16(11)27(25,26)20-18-9-13-10-19-21-5-4-12(8-17)6-15(13)21/h2-7,9-10,20H,1H3/b18-9-. The lowest BCUT2D eigenvalue weighted by Crippen LogP contribution is -2.19. The first-order chi connectivity index (χ1) is 12.8. The van der Waals surface area contributed by atoms with Crippen LogP contribution >= 0.6 is 0 Å². The van der Waals surface area contributed by atoms with E-state index in [0.717, 1.165) is 6.07 Å². The highest BCUT2D eigenvalue weighted by Gasteiger charge is 2.20. The topological polar surface area (TPSA) is 143 Å². The van der Waals surface area contributed by atoms with E-state index in [2.05, 4.69) is 10.2 Å². The molecule has 1 aromatic carbocycles. The lowest BCUT2D eigenvalue weighted by Gasteiger charge is -2.06. The van der Waals surface area contributed by atoms with Crippen LogP contribution in [0.5, 0.6) is 0 Å². The van der Waals surface area contributed by atoms with Crippen LogP contribution in [0.1, 0.15) is 16.7 Å². The maximum absolute atomic E-state index is 12.4. The Morgan fingerprint density at radius 3 is 2.85 bits per heavy atom. The number of rotatable bonds is 5. The third-order valence-corrected chi connectivity index (χ3v) is 5.09. The van der Waals surface area contributed by atoms with Crippen LogP contribution in [0.2, 0.25) is 0 Å². The number of sulfonamides is 1. The predicted octanol–water partition coefficient (Wildman–Crippen LogP) is 1.73. The molecule has 2 aromatic heterocycles. The average molecular weight is 384 g/mol. The Balaban J connectivity index is 1.89. The smallest absolute Gasteiger partial charge is 0.258 e. The SMILES string of the molecule is Cc1ccc([N+](=O)[O-])cc1S(=O)(=O)N/N=C\c1cnn2ccc(C#N)cc12. The molecule has 0 spiro atoms. The molecular weight excluding hydrogens is 372 g/mol. The molecule has 11 heteroatoms. The van der Waals surface area contributed by atoms with Gasteiger partial charge in [0.15, 0.2) is 0 Å². The van der Waals surface area contributed by atoms with E-state index in [4.69, 9.17) is 5.26 Å². The Morgan fingerprint density at radius 1 is 1.37 bits per heavy atom. The molecule has 27 heavy (non-hydrogen) atoms. The molecule has 0 radical (unpaired) electrons. The minimum Gasteiger partial charge on any atom is -0.258 e. The van der Waals surface area contributed by atoms with Crippen LogP contribution in [0.25, 0.3) is 5.52 Å². The molecule has 3 rings (SSSR count). The molecule has 10 nitrogen and oxygen atoms in total. The number of aromatic nitrogens is 2. The summed E-state index contributed by atoms with van der Waals surface area (Å²) < 4.78 is 26.3. The zero-order chi connectivity index (χ0) is 19.6. The van der Waals surface area contributed by atoms with Gasteiger partial charge in [0.05, 0.1) is 39.4 Å². The number of nitro benzene ring substituents is 1. The number of benzene rings is 1. The molecule has 0 saturated carbocycles. The maximum atomic E-state index is 12.4. The van der Waals surface area contributed by atoms with E-state index in [-0.39, 0.29) is 10.6 Å². The summed E-state index contributed by atoms with van der Waals surface area (Å²) in [5, 5.41) is 27.6. The van der Waals surface area contributed by atoms with Crippen LogP contribution in [-0.2, 0) is 10.0 Å². The third-order valence-electron chi connectivity index (χ3n) is 3.73. The summed E-state index contributed by atoms with van der Waals surface area (Å²) in [6.45, 7) is 1.52. The summed E-state index contributed by atoms with van der Waals surface area (Å²) in [6, 6.07) is 8.74. The maximum Gasteiger partial charge on any atom is 0.277 e. The van der Waals surface area contributed by atoms with E-state index < -0.39 is 14.9 Å². The van der Waals surface area contributed by atoms with Crippen LogP contribution in [0.15, 0.2) is 52.7 Å². The largest absolute Gasteiger partial charge is 0.277 e. The van der Waals surface area contributed by atoms with Crippen molar-refractivity contribution in [3.8, 4) is 6.07 Å². The molecule has 3 aromatic rings. The van der Waals surface area contributed by atoms with E-state index in [1.807, 2.05) is 10.9 Å². The van der Waals surface area contributed by atoms with E-state index in [1.54, 1.807) is 18.3 Å². The molecule has 0 aliphatic heterocycles. The fraction of sp³-hybridized carbons (Fsp3) is 0.0625. The van der Waals surface area contributed by atoms with Crippen LogP contribution in [0, 0.1) is 28.4 Å². The van der Waals surface area contributed by atoms with Crippen molar-refractivity contribution in [2.75, 3.05) is 0 Å². The first kappa shape index (κ1) is 18.0. The number of nitrogens with zero attached hydrogens (tertiary/aromatic N) is 5. The Morgan fingerprint density at radius 2 is 2.15 bits per heavy atom. The molecule has 136 valence electrons.